The molecule has 1 aromatic carbocycles. The highest BCUT2D eigenvalue weighted by molar-refractivity contribution is 7.90. The minimum atomic E-state index is -4.60. The number of aromatic nitrogens is 1. The number of amides is 1. The van der Waals surface area contributed by atoms with Crippen molar-refractivity contribution in [2.45, 2.75) is 12.1 Å². The maximum atomic E-state index is 12.7. The molecule has 0 aliphatic rings. The van der Waals surface area contributed by atoms with Gasteiger partial charge in [0.05, 0.1) is 29.1 Å². The Kier molecular flexibility index (Phi) is 5.46. The summed E-state index contributed by atoms with van der Waals surface area (Å²) in [6.07, 6.45) is -1.90. The number of carbonyl (C=O) groups excluding carboxylic acids is 1. The molecule has 0 fully saturated rings. The number of alkyl halides is 3. The molecule has 1 N–H and O–H groups in total. The molecule has 0 bridgehead atoms. The van der Waals surface area contributed by atoms with Gasteiger partial charge in [-0.3, -0.25) is 9.78 Å². The second-order valence-electron chi connectivity index (χ2n) is 5.50. The van der Waals surface area contributed by atoms with Crippen LogP contribution < -0.4 is 5.32 Å². The number of nitrogens with one attached hydrogen (secondary N) is 1. The van der Waals surface area contributed by atoms with Gasteiger partial charge in [0.1, 0.15) is 9.84 Å². The van der Waals surface area contributed by atoms with Crippen molar-refractivity contribution in [2.75, 3.05) is 17.3 Å². The molecule has 2 aromatic rings. The van der Waals surface area contributed by atoms with Crippen molar-refractivity contribution in [3.63, 3.8) is 0 Å². The lowest BCUT2D eigenvalue weighted by atomic mass is 10.0. The van der Waals surface area contributed by atoms with Crippen molar-refractivity contribution in [2.24, 2.45) is 0 Å². The molecule has 0 saturated carbocycles. The van der Waals surface area contributed by atoms with Gasteiger partial charge in [0.2, 0.25) is 5.91 Å². The van der Waals surface area contributed by atoms with E-state index in [-0.39, 0.29) is 5.69 Å². The molecule has 1 amide bonds. The molecule has 0 aliphatic carbocycles. The predicted octanol–water partition coefficient (Wildman–Crippen LogP) is 2.87. The number of rotatable bonds is 5. The van der Waals surface area contributed by atoms with E-state index in [9.17, 15) is 26.4 Å². The van der Waals surface area contributed by atoms with E-state index in [1.54, 1.807) is 30.3 Å². The number of hydrogen-bond donors (Lipinski definition) is 1. The minimum absolute atomic E-state index is 0.158. The Morgan fingerprint density at radius 1 is 1.20 bits per heavy atom. The van der Waals surface area contributed by atoms with E-state index in [0.29, 0.717) is 11.8 Å². The summed E-state index contributed by atoms with van der Waals surface area (Å²) >= 11 is 0. The average molecular weight is 372 g/mol. The number of anilines is 1. The second kappa shape index (κ2) is 7.22. The van der Waals surface area contributed by atoms with Gasteiger partial charge in [-0.05, 0) is 11.6 Å². The summed E-state index contributed by atoms with van der Waals surface area (Å²) in [6, 6.07) is 8.90. The molecule has 0 aliphatic heterocycles. The van der Waals surface area contributed by atoms with E-state index >= 15 is 0 Å². The summed E-state index contributed by atoms with van der Waals surface area (Å²) in [5, 5.41) is 2.31. The summed E-state index contributed by atoms with van der Waals surface area (Å²) in [5.74, 6) is -2.24. The lowest BCUT2D eigenvalue weighted by molar-refractivity contribution is -0.137. The number of pyridine rings is 1. The standard InChI is InChI=1S/C16H15F3N2O3S/c1-25(23,24)10-14(11-5-3-2-4-6-11)15(22)21-13-7-12(8-20-9-13)16(17,18)19/h2-9,14H,10H2,1H3,(H,21,22). The van der Waals surface area contributed by atoms with E-state index in [2.05, 4.69) is 10.3 Å². The monoisotopic (exact) mass is 372 g/mol. The third-order valence-electron chi connectivity index (χ3n) is 3.32. The second-order valence-corrected chi connectivity index (χ2v) is 7.69. The number of benzene rings is 1. The van der Waals surface area contributed by atoms with E-state index in [1.807, 2.05) is 0 Å². The molecule has 2 rings (SSSR count). The Balaban J connectivity index is 2.29. The number of carbonyl (C=O) groups is 1. The van der Waals surface area contributed by atoms with E-state index in [0.717, 1.165) is 18.5 Å². The van der Waals surface area contributed by atoms with Crippen LogP contribution in [0.3, 0.4) is 0 Å². The maximum absolute atomic E-state index is 12.7. The first-order valence-electron chi connectivity index (χ1n) is 7.12. The summed E-state index contributed by atoms with van der Waals surface area (Å²) in [6.45, 7) is 0. The van der Waals surface area contributed by atoms with Gasteiger partial charge in [-0.25, -0.2) is 8.42 Å². The zero-order chi connectivity index (χ0) is 18.7. The van der Waals surface area contributed by atoms with Crippen molar-refractivity contribution in [1.29, 1.82) is 0 Å². The fourth-order valence-corrected chi connectivity index (χ4v) is 3.15. The molecule has 0 saturated heterocycles. The summed E-state index contributed by atoms with van der Waals surface area (Å²) < 4.78 is 61.4. The van der Waals surface area contributed by atoms with Crippen LogP contribution in [0.25, 0.3) is 0 Å². The van der Waals surface area contributed by atoms with Crippen LogP contribution in [-0.2, 0) is 20.8 Å². The van der Waals surface area contributed by atoms with Gasteiger partial charge >= 0.3 is 6.18 Å². The van der Waals surface area contributed by atoms with Gasteiger partial charge < -0.3 is 5.32 Å². The smallest absolute Gasteiger partial charge is 0.324 e. The zero-order valence-electron chi connectivity index (χ0n) is 13.1. The van der Waals surface area contributed by atoms with Crippen LogP contribution in [0, 0.1) is 0 Å². The first kappa shape index (κ1) is 18.9. The van der Waals surface area contributed by atoms with Crippen LogP contribution >= 0.6 is 0 Å². The van der Waals surface area contributed by atoms with Gasteiger partial charge in [-0.15, -0.1) is 0 Å². The van der Waals surface area contributed by atoms with Gasteiger partial charge in [0.15, 0.2) is 0 Å². The van der Waals surface area contributed by atoms with Crippen molar-refractivity contribution in [1.82, 2.24) is 4.98 Å². The molecule has 0 spiro atoms. The van der Waals surface area contributed by atoms with Crippen LogP contribution in [0.2, 0.25) is 0 Å². The lowest BCUT2D eigenvalue weighted by Crippen LogP contribution is -2.27. The molecular weight excluding hydrogens is 357 g/mol. The Hall–Kier alpha value is -2.42. The van der Waals surface area contributed by atoms with Crippen molar-refractivity contribution < 1.29 is 26.4 Å². The van der Waals surface area contributed by atoms with Crippen molar-refractivity contribution in [3.05, 3.63) is 59.9 Å². The Morgan fingerprint density at radius 3 is 2.40 bits per heavy atom. The van der Waals surface area contributed by atoms with E-state index in [1.165, 1.54) is 0 Å². The molecule has 1 unspecified atom stereocenters. The normalized spacial score (nSPS) is 13.3. The van der Waals surface area contributed by atoms with Gasteiger partial charge in [-0.1, -0.05) is 30.3 Å². The Labute approximate surface area is 142 Å². The number of hydrogen-bond acceptors (Lipinski definition) is 4. The molecule has 5 nitrogen and oxygen atoms in total. The Bertz CT molecular complexity index is 852. The molecule has 1 heterocycles. The lowest BCUT2D eigenvalue weighted by Gasteiger charge is -2.17. The van der Waals surface area contributed by atoms with Crippen molar-refractivity contribution >= 4 is 21.4 Å². The summed E-state index contributed by atoms with van der Waals surface area (Å²) in [4.78, 5) is 15.9. The maximum Gasteiger partial charge on any atom is 0.417 e. The molecule has 9 heteroatoms. The van der Waals surface area contributed by atoms with Crippen LogP contribution in [0.1, 0.15) is 17.0 Å². The minimum Gasteiger partial charge on any atom is -0.324 e. The molecule has 1 atom stereocenters. The topological polar surface area (TPSA) is 76.1 Å². The predicted molar refractivity (Wildman–Crippen MR) is 86.8 cm³/mol. The third kappa shape index (κ3) is 5.56. The number of halogens is 3. The largest absolute Gasteiger partial charge is 0.417 e. The molecule has 25 heavy (non-hydrogen) atoms. The molecule has 134 valence electrons. The number of nitrogens with zero attached hydrogens (tertiary/aromatic N) is 1. The third-order valence-corrected chi connectivity index (χ3v) is 4.26. The fourth-order valence-electron chi connectivity index (χ4n) is 2.20. The highest BCUT2D eigenvalue weighted by Crippen LogP contribution is 2.30. The van der Waals surface area contributed by atoms with E-state index in [4.69, 9.17) is 0 Å². The summed E-state index contributed by atoms with van der Waals surface area (Å²) in [5.41, 5.74) is -0.718. The molecule has 0 radical (unpaired) electrons. The van der Waals surface area contributed by atoms with Crippen molar-refractivity contribution in [3.8, 4) is 0 Å². The fraction of sp³-hybridized carbons (Fsp3) is 0.250. The van der Waals surface area contributed by atoms with Crippen LogP contribution in [0.4, 0.5) is 18.9 Å². The SMILES string of the molecule is CS(=O)(=O)CC(C(=O)Nc1cncc(C(F)(F)F)c1)c1ccccc1. The van der Waals surface area contributed by atoms with Crippen LogP contribution in [0.5, 0.6) is 0 Å². The van der Waals surface area contributed by atoms with Gasteiger partial charge in [-0.2, -0.15) is 13.2 Å². The highest BCUT2D eigenvalue weighted by Gasteiger charge is 2.31. The van der Waals surface area contributed by atoms with Crippen LogP contribution in [0.15, 0.2) is 48.8 Å². The highest BCUT2D eigenvalue weighted by atomic mass is 32.2. The average Bonchev–Trinajstić information content (AvgIpc) is 2.52. The first-order valence-corrected chi connectivity index (χ1v) is 9.18. The van der Waals surface area contributed by atoms with E-state index < -0.39 is 39.2 Å². The van der Waals surface area contributed by atoms with Crippen LogP contribution in [-0.4, -0.2) is 31.3 Å². The van der Waals surface area contributed by atoms with Gasteiger partial charge in [0.25, 0.3) is 0 Å². The quantitative estimate of drug-likeness (QED) is 0.876. The van der Waals surface area contributed by atoms with Gasteiger partial charge in [0, 0.05) is 12.5 Å². The first-order chi connectivity index (χ1) is 11.6. The zero-order valence-corrected chi connectivity index (χ0v) is 13.9. The number of sulfone groups is 1. The Morgan fingerprint density at radius 2 is 1.84 bits per heavy atom. The molecule has 1 aromatic heterocycles. The molecular formula is C16H15F3N2O3S. The summed E-state index contributed by atoms with van der Waals surface area (Å²) in [7, 11) is -3.50.